The van der Waals surface area contributed by atoms with E-state index in [9.17, 15) is 4.79 Å². The van der Waals surface area contributed by atoms with Crippen molar-refractivity contribution in [3.63, 3.8) is 0 Å². The van der Waals surface area contributed by atoms with E-state index in [4.69, 9.17) is 5.11 Å². The van der Waals surface area contributed by atoms with Crippen LogP contribution in [0.5, 0.6) is 0 Å². The van der Waals surface area contributed by atoms with Gasteiger partial charge in [0.15, 0.2) is 0 Å². The van der Waals surface area contributed by atoms with Crippen molar-refractivity contribution in [2.75, 3.05) is 13.1 Å². The summed E-state index contributed by atoms with van der Waals surface area (Å²) in [4.78, 5) is 16.3. The van der Waals surface area contributed by atoms with Crippen molar-refractivity contribution in [3.05, 3.63) is 76.9 Å². The third-order valence-corrected chi connectivity index (χ3v) is 7.47. The molecule has 33 heavy (non-hydrogen) atoms. The lowest BCUT2D eigenvalue weighted by Gasteiger charge is -2.45. The molecule has 2 atom stereocenters. The summed E-state index contributed by atoms with van der Waals surface area (Å²) in [7, 11) is 0. The van der Waals surface area contributed by atoms with Gasteiger partial charge in [-0.15, -0.1) is 0 Å². The molecule has 1 aliphatic heterocycles. The van der Waals surface area contributed by atoms with E-state index in [1.54, 1.807) is 12.1 Å². The van der Waals surface area contributed by atoms with E-state index in [1.807, 2.05) is 12.1 Å². The van der Waals surface area contributed by atoms with Crippen LogP contribution in [0.1, 0.15) is 74.0 Å². The Morgan fingerprint density at radius 3 is 2.27 bits per heavy atom. The van der Waals surface area contributed by atoms with Crippen molar-refractivity contribution < 1.29 is 9.90 Å². The molecule has 2 aromatic rings. The average Bonchev–Trinajstić information content (AvgIpc) is 2.77. The number of allylic oxidation sites excluding steroid dienone is 2. The SMILES string of the molecule is C[C@@H]1CN(Cc2ccccc2C2=CCC(C)(C)CC2)C[C@H](C)N1Cc1ccc(C(=O)O)cc1. The summed E-state index contributed by atoms with van der Waals surface area (Å²) < 4.78 is 0. The number of aromatic carboxylic acids is 1. The monoisotopic (exact) mass is 446 g/mol. The van der Waals surface area contributed by atoms with Gasteiger partial charge >= 0.3 is 5.97 Å². The van der Waals surface area contributed by atoms with Crippen molar-refractivity contribution in [1.82, 2.24) is 9.80 Å². The molecule has 2 aliphatic rings. The van der Waals surface area contributed by atoms with Crippen LogP contribution in [0.3, 0.4) is 0 Å². The van der Waals surface area contributed by atoms with Crippen LogP contribution >= 0.6 is 0 Å². The van der Waals surface area contributed by atoms with Crippen LogP contribution in [-0.2, 0) is 13.1 Å². The van der Waals surface area contributed by atoms with Gasteiger partial charge in [0, 0.05) is 38.3 Å². The molecule has 1 N–H and O–H groups in total. The zero-order valence-corrected chi connectivity index (χ0v) is 20.6. The number of benzene rings is 2. The Balaban J connectivity index is 1.42. The van der Waals surface area contributed by atoms with Gasteiger partial charge in [-0.2, -0.15) is 0 Å². The molecule has 0 saturated carbocycles. The molecule has 0 bridgehead atoms. The predicted molar refractivity (Wildman–Crippen MR) is 135 cm³/mol. The van der Waals surface area contributed by atoms with Gasteiger partial charge in [-0.05, 0) is 72.9 Å². The van der Waals surface area contributed by atoms with E-state index in [2.05, 4.69) is 67.8 Å². The molecule has 0 amide bonds. The Morgan fingerprint density at radius 1 is 1.00 bits per heavy atom. The molecule has 1 aliphatic carbocycles. The van der Waals surface area contributed by atoms with E-state index in [1.165, 1.54) is 35.1 Å². The summed E-state index contributed by atoms with van der Waals surface area (Å²) in [6.45, 7) is 13.3. The zero-order valence-electron chi connectivity index (χ0n) is 20.6. The molecule has 2 aromatic carbocycles. The molecule has 0 unspecified atom stereocenters. The summed E-state index contributed by atoms with van der Waals surface area (Å²) in [6.07, 6.45) is 6.07. The number of hydrogen-bond acceptors (Lipinski definition) is 3. The molecule has 1 saturated heterocycles. The largest absolute Gasteiger partial charge is 0.478 e. The maximum atomic E-state index is 11.1. The fourth-order valence-corrected chi connectivity index (χ4v) is 5.40. The summed E-state index contributed by atoms with van der Waals surface area (Å²) in [5.74, 6) is -0.870. The second-order valence-electron chi connectivity index (χ2n) is 10.8. The maximum Gasteiger partial charge on any atom is 0.335 e. The summed E-state index contributed by atoms with van der Waals surface area (Å²) >= 11 is 0. The van der Waals surface area contributed by atoms with Crippen molar-refractivity contribution in [2.24, 2.45) is 5.41 Å². The number of rotatable bonds is 6. The highest BCUT2D eigenvalue weighted by Crippen LogP contribution is 2.39. The van der Waals surface area contributed by atoms with E-state index in [0.717, 1.165) is 32.6 Å². The molecule has 0 radical (unpaired) electrons. The van der Waals surface area contributed by atoms with E-state index in [-0.39, 0.29) is 0 Å². The first-order valence-corrected chi connectivity index (χ1v) is 12.3. The molecular weight excluding hydrogens is 408 g/mol. The second-order valence-corrected chi connectivity index (χ2v) is 10.8. The molecule has 176 valence electrons. The van der Waals surface area contributed by atoms with Crippen molar-refractivity contribution in [3.8, 4) is 0 Å². The molecule has 0 spiro atoms. The van der Waals surface area contributed by atoms with Crippen LogP contribution in [0.2, 0.25) is 0 Å². The minimum absolute atomic E-state index is 0.347. The smallest absolute Gasteiger partial charge is 0.335 e. The van der Waals surface area contributed by atoms with Gasteiger partial charge in [0.05, 0.1) is 5.56 Å². The number of carboxylic acids is 1. The molecule has 1 heterocycles. The number of hydrogen-bond donors (Lipinski definition) is 1. The third kappa shape index (κ3) is 5.74. The van der Waals surface area contributed by atoms with Gasteiger partial charge in [-0.1, -0.05) is 56.3 Å². The number of carboxylic acid groups (broad SMARTS) is 1. The Morgan fingerprint density at radius 2 is 1.67 bits per heavy atom. The third-order valence-electron chi connectivity index (χ3n) is 7.47. The van der Waals surface area contributed by atoms with Crippen LogP contribution in [0.15, 0.2) is 54.6 Å². The Hall–Kier alpha value is -2.43. The fourth-order valence-electron chi connectivity index (χ4n) is 5.40. The molecule has 0 aromatic heterocycles. The standard InChI is InChI=1S/C29H38N2O2/c1-21-17-30(18-22(2)31(21)19-23-9-11-25(12-10-23)28(32)33)20-26-7-5-6-8-27(26)24-13-15-29(3,4)16-14-24/h5-13,21-22H,14-20H2,1-4H3,(H,32,33)/t21-,22+. The number of carbonyl (C=O) groups is 1. The Kier molecular flexibility index (Phi) is 7.06. The highest BCUT2D eigenvalue weighted by Gasteiger charge is 2.30. The van der Waals surface area contributed by atoms with Crippen LogP contribution < -0.4 is 0 Å². The summed E-state index contributed by atoms with van der Waals surface area (Å²) in [5, 5.41) is 9.14. The number of piperazine rings is 1. The number of nitrogens with zero attached hydrogens (tertiary/aromatic N) is 2. The van der Waals surface area contributed by atoms with Crippen molar-refractivity contribution in [1.29, 1.82) is 0 Å². The van der Waals surface area contributed by atoms with Gasteiger partial charge < -0.3 is 5.11 Å². The van der Waals surface area contributed by atoms with Crippen molar-refractivity contribution >= 4 is 11.5 Å². The summed E-state index contributed by atoms with van der Waals surface area (Å²) in [6, 6.07) is 17.2. The lowest BCUT2D eigenvalue weighted by molar-refractivity contribution is 0.0290. The lowest BCUT2D eigenvalue weighted by Crippen LogP contribution is -2.55. The maximum absolute atomic E-state index is 11.1. The minimum Gasteiger partial charge on any atom is -0.478 e. The van der Waals surface area contributed by atoms with E-state index >= 15 is 0 Å². The first-order chi connectivity index (χ1) is 15.7. The first kappa shape index (κ1) is 23.7. The highest BCUT2D eigenvalue weighted by atomic mass is 16.4. The van der Waals surface area contributed by atoms with Gasteiger partial charge in [-0.3, -0.25) is 9.80 Å². The van der Waals surface area contributed by atoms with Gasteiger partial charge in [0.25, 0.3) is 0 Å². The first-order valence-electron chi connectivity index (χ1n) is 12.3. The average molecular weight is 447 g/mol. The Bertz CT molecular complexity index is 997. The van der Waals surface area contributed by atoms with Gasteiger partial charge in [-0.25, -0.2) is 4.79 Å². The van der Waals surface area contributed by atoms with Crippen LogP contribution in [0.4, 0.5) is 0 Å². The topological polar surface area (TPSA) is 43.8 Å². The fraction of sp³-hybridized carbons (Fsp3) is 0.483. The van der Waals surface area contributed by atoms with E-state index in [0.29, 0.717) is 23.1 Å². The zero-order chi connectivity index (χ0) is 23.6. The molecule has 1 fully saturated rings. The lowest BCUT2D eigenvalue weighted by atomic mass is 9.76. The van der Waals surface area contributed by atoms with Crippen molar-refractivity contribution in [2.45, 2.75) is 72.1 Å². The molecular formula is C29H38N2O2. The van der Waals surface area contributed by atoms with Gasteiger partial charge in [0.2, 0.25) is 0 Å². The van der Waals surface area contributed by atoms with Gasteiger partial charge in [0.1, 0.15) is 0 Å². The van der Waals surface area contributed by atoms with Crippen LogP contribution in [0.25, 0.3) is 5.57 Å². The normalized spacial score (nSPS) is 23.8. The van der Waals surface area contributed by atoms with E-state index < -0.39 is 5.97 Å². The molecule has 4 heteroatoms. The van der Waals surface area contributed by atoms with Crippen LogP contribution in [-0.4, -0.2) is 46.0 Å². The Labute approximate surface area is 198 Å². The predicted octanol–water partition coefficient (Wildman–Crippen LogP) is 6.07. The van der Waals surface area contributed by atoms with Crippen LogP contribution in [0, 0.1) is 5.41 Å². The molecule has 4 rings (SSSR count). The summed E-state index contributed by atoms with van der Waals surface area (Å²) in [5.41, 5.74) is 6.35. The highest BCUT2D eigenvalue weighted by molar-refractivity contribution is 5.87. The molecule has 4 nitrogen and oxygen atoms in total. The quantitative estimate of drug-likeness (QED) is 0.585. The second kappa shape index (κ2) is 9.82. The minimum atomic E-state index is -0.870.